The van der Waals surface area contributed by atoms with Crippen molar-refractivity contribution in [1.29, 1.82) is 0 Å². The SMILES string of the molecule is C=CCCCCCC(CC)OCC(=O)NCCOCCNC. The lowest BCUT2D eigenvalue weighted by molar-refractivity contribution is -0.128. The summed E-state index contributed by atoms with van der Waals surface area (Å²) in [6, 6.07) is 0. The Morgan fingerprint density at radius 1 is 1.23 bits per heavy atom. The smallest absolute Gasteiger partial charge is 0.246 e. The topological polar surface area (TPSA) is 59.6 Å². The van der Waals surface area contributed by atoms with E-state index in [4.69, 9.17) is 9.47 Å². The molecular weight excluding hydrogens is 280 g/mol. The normalized spacial score (nSPS) is 12.1. The van der Waals surface area contributed by atoms with E-state index in [1.807, 2.05) is 13.1 Å². The summed E-state index contributed by atoms with van der Waals surface area (Å²) in [4.78, 5) is 11.7. The van der Waals surface area contributed by atoms with E-state index in [9.17, 15) is 4.79 Å². The minimum absolute atomic E-state index is 0.0673. The van der Waals surface area contributed by atoms with Crippen molar-refractivity contribution in [2.45, 2.75) is 51.6 Å². The summed E-state index contributed by atoms with van der Waals surface area (Å²) in [6.07, 6.45) is 8.72. The fourth-order valence-electron chi connectivity index (χ4n) is 2.03. The van der Waals surface area contributed by atoms with Crippen molar-refractivity contribution in [3.8, 4) is 0 Å². The van der Waals surface area contributed by atoms with Crippen molar-refractivity contribution in [3.05, 3.63) is 12.7 Å². The number of nitrogens with one attached hydrogen (secondary N) is 2. The monoisotopic (exact) mass is 314 g/mol. The van der Waals surface area contributed by atoms with Gasteiger partial charge in [0.25, 0.3) is 0 Å². The molecular formula is C17H34N2O3. The van der Waals surface area contributed by atoms with Gasteiger partial charge in [0.15, 0.2) is 0 Å². The van der Waals surface area contributed by atoms with Gasteiger partial charge in [-0.05, 0) is 32.7 Å². The summed E-state index contributed by atoms with van der Waals surface area (Å²) in [5, 5.41) is 5.80. The van der Waals surface area contributed by atoms with Gasteiger partial charge in [0.1, 0.15) is 6.61 Å². The van der Waals surface area contributed by atoms with Gasteiger partial charge in [0, 0.05) is 13.1 Å². The minimum Gasteiger partial charge on any atom is -0.378 e. The molecule has 0 saturated heterocycles. The molecule has 22 heavy (non-hydrogen) atoms. The Labute approximate surface area is 135 Å². The minimum atomic E-state index is -0.0673. The van der Waals surface area contributed by atoms with Crippen LogP contribution < -0.4 is 10.6 Å². The lowest BCUT2D eigenvalue weighted by Crippen LogP contribution is -2.32. The summed E-state index contributed by atoms with van der Waals surface area (Å²) < 4.78 is 11.0. The zero-order chi connectivity index (χ0) is 16.5. The van der Waals surface area contributed by atoms with Crippen LogP contribution >= 0.6 is 0 Å². The molecule has 0 spiro atoms. The largest absolute Gasteiger partial charge is 0.378 e. The number of hydrogen-bond donors (Lipinski definition) is 2. The molecule has 1 amide bonds. The standard InChI is InChI=1S/C17H34N2O3/c1-4-6-7-8-9-10-16(5-2)22-15-17(20)19-12-14-21-13-11-18-3/h4,16,18H,1,5-15H2,2-3H3,(H,19,20). The fraction of sp³-hybridized carbons (Fsp3) is 0.824. The van der Waals surface area contributed by atoms with Crippen LogP contribution in [0.1, 0.15) is 45.4 Å². The molecule has 0 rings (SSSR count). The molecule has 0 aromatic carbocycles. The van der Waals surface area contributed by atoms with Gasteiger partial charge in [-0.15, -0.1) is 6.58 Å². The number of unbranched alkanes of at least 4 members (excludes halogenated alkanes) is 3. The van der Waals surface area contributed by atoms with Gasteiger partial charge in [-0.3, -0.25) is 4.79 Å². The highest BCUT2D eigenvalue weighted by molar-refractivity contribution is 5.77. The number of likely N-dealkylation sites (N-methyl/N-ethyl adjacent to an activating group) is 1. The molecule has 5 heteroatoms. The molecule has 130 valence electrons. The molecule has 0 radical (unpaired) electrons. The van der Waals surface area contributed by atoms with Gasteiger partial charge in [-0.1, -0.05) is 25.8 Å². The Morgan fingerprint density at radius 3 is 2.68 bits per heavy atom. The Kier molecular flexibility index (Phi) is 15.8. The Balaban J connectivity index is 3.53. The first-order valence-corrected chi connectivity index (χ1v) is 8.46. The van der Waals surface area contributed by atoms with E-state index in [0.717, 1.165) is 32.2 Å². The number of amides is 1. The lowest BCUT2D eigenvalue weighted by Gasteiger charge is -2.16. The second-order valence-corrected chi connectivity index (χ2v) is 5.33. The molecule has 0 aliphatic heterocycles. The van der Waals surface area contributed by atoms with Gasteiger partial charge in [0.05, 0.1) is 19.3 Å². The molecule has 0 bridgehead atoms. The van der Waals surface area contributed by atoms with E-state index in [1.165, 1.54) is 12.8 Å². The summed E-state index contributed by atoms with van der Waals surface area (Å²) in [5.74, 6) is -0.0673. The second-order valence-electron chi connectivity index (χ2n) is 5.33. The van der Waals surface area contributed by atoms with Crippen molar-refractivity contribution >= 4 is 5.91 Å². The molecule has 0 aliphatic rings. The van der Waals surface area contributed by atoms with Crippen molar-refractivity contribution < 1.29 is 14.3 Å². The molecule has 1 atom stereocenters. The van der Waals surface area contributed by atoms with Crippen molar-refractivity contribution in [1.82, 2.24) is 10.6 Å². The maximum absolute atomic E-state index is 11.7. The molecule has 1 unspecified atom stereocenters. The lowest BCUT2D eigenvalue weighted by atomic mass is 10.1. The number of carbonyl (C=O) groups excluding carboxylic acids is 1. The zero-order valence-corrected chi connectivity index (χ0v) is 14.4. The molecule has 0 aliphatic carbocycles. The molecule has 0 saturated carbocycles. The molecule has 0 fully saturated rings. The van der Waals surface area contributed by atoms with Crippen LogP contribution in [0.5, 0.6) is 0 Å². The molecule has 5 nitrogen and oxygen atoms in total. The number of rotatable bonds is 16. The number of ether oxygens (including phenoxy) is 2. The van der Waals surface area contributed by atoms with Crippen LogP contribution in [-0.4, -0.2) is 52.0 Å². The van der Waals surface area contributed by atoms with E-state index in [2.05, 4.69) is 24.1 Å². The number of hydrogen-bond acceptors (Lipinski definition) is 4. The number of carbonyl (C=O) groups is 1. The Bertz CT molecular complexity index is 273. The van der Waals surface area contributed by atoms with Crippen LogP contribution in [-0.2, 0) is 14.3 Å². The highest BCUT2D eigenvalue weighted by Gasteiger charge is 2.09. The van der Waals surface area contributed by atoms with Crippen molar-refractivity contribution in [2.75, 3.05) is 40.0 Å². The highest BCUT2D eigenvalue weighted by Crippen LogP contribution is 2.11. The average Bonchev–Trinajstić information content (AvgIpc) is 2.53. The molecule has 0 aromatic heterocycles. The van der Waals surface area contributed by atoms with E-state index >= 15 is 0 Å². The fourth-order valence-corrected chi connectivity index (χ4v) is 2.03. The van der Waals surface area contributed by atoms with Crippen molar-refractivity contribution in [3.63, 3.8) is 0 Å². The average molecular weight is 314 g/mol. The third-order valence-corrected chi connectivity index (χ3v) is 3.40. The first kappa shape index (κ1) is 21.1. The van der Waals surface area contributed by atoms with E-state index in [-0.39, 0.29) is 18.6 Å². The van der Waals surface area contributed by atoms with Crippen molar-refractivity contribution in [2.24, 2.45) is 0 Å². The summed E-state index contributed by atoms with van der Waals surface area (Å²) >= 11 is 0. The first-order chi connectivity index (χ1) is 10.7. The zero-order valence-electron chi connectivity index (χ0n) is 14.4. The predicted octanol–water partition coefficient (Wildman–Crippen LogP) is 2.27. The van der Waals surface area contributed by atoms with Gasteiger partial charge < -0.3 is 20.1 Å². The van der Waals surface area contributed by atoms with Gasteiger partial charge in [0.2, 0.25) is 5.91 Å². The van der Waals surface area contributed by atoms with E-state index in [1.54, 1.807) is 0 Å². The van der Waals surface area contributed by atoms with Crippen LogP contribution in [0.2, 0.25) is 0 Å². The Hall–Kier alpha value is -0.910. The van der Waals surface area contributed by atoms with E-state index < -0.39 is 0 Å². The van der Waals surface area contributed by atoms with Gasteiger partial charge in [-0.2, -0.15) is 0 Å². The maximum atomic E-state index is 11.7. The summed E-state index contributed by atoms with van der Waals surface area (Å²) in [6.45, 7) is 8.51. The van der Waals surface area contributed by atoms with Crippen LogP contribution in [0.4, 0.5) is 0 Å². The van der Waals surface area contributed by atoms with Gasteiger partial charge in [-0.25, -0.2) is 0 Å². The molecule has 2 N–H and O–H groups in total. The molecule has 0 aromatic rings. The third kappa shape index (κ3) is 14.0. The third-order valence-electron chi connectivity index (χ3n) is 3.40. The van der Waals surface area contributed by atoms with Crippen LogP contribution in [0.25, 0.3) is 0 Å². The van der Waals surface area contributed by atoms with Gasteiger partial charge >= 0.3 is 0 Å². The Morgan fingerprint density at radius 2 is 2.00 bits per heavy atom. The first-order valence-electron chi connectivity index (χ1n) is 8.46. The highest BCUT2D eigenvalue weighted by atomic mass is 16.5. The summed E-state index contributed by atoms with van der Waals surface area (Å²) in [5.41, 5.74) is 0. The maximum Gasteiger partial charge on any atom is 0.246 e. The van der Waals surface area contributed by atoms with Crippen LogP contribution in [0, 0.1) is 0 Å². The predicted molar refractivity (Wildman–Crippen MR) is 91.1 cm³/mol. The second kappa shape index (κ2) is 16.5. The van der Waals surface area contributed by atoms with E-state index in [0.29, 0.717) is 19.8 Å². The van der Waals surface area contributed by atoms with Crippen LogP contribution in [0.15, 0.2) is 12.7 Å². The van der Waals surface area contributed by atoms with Crippen LogP contribution in [0.3, 0.4) is 0 Å². The quantitative estimate of drug-likeness (QED) is 0.339. The number of allylic oxidation sites excluding steroid dienone is 1. The molecule has 0 heterocycles. The summed E-state index contributed by atoms with van der Waals surface area (Å²) in [7, 11) is 1.88.